The summed E-state index contributed by atoms with van der Waals surface area (Å²) in [5.41, 5.74) is 5.62. The molecule has 0 radical (unpaired) electrons. The topological polar surface area (TPSA) is 66.6 Å². The molecule has 0 saturated carbocycles. The van der Waals surface area contributed by atoms with Crippen molar-refractivity contribution in [1.29, 1.82) is 0 Å². The van der Waals surface area contributed by atoms with Gasteiger partial charge >= 0.3 is 0 Å². The fourth-order valence-electron chi connectivity index (χ4n) is 1.93. The molecule has 1 fully saturated rings. The van der Waals surface area contributed by atoms with Crippen molar-refractivity contribution in [3.63, 3.8) is 0 Å². The van der Waals surface area contributed by atoms with Gasteiger partial charge in [-0.05, 0) is 26.0 Å². The number of amides is 1. The zero-order valence-corrected chi connectivity index (χ0v) is 9.83. The van der Waals surface area contributed by atoms with Crippen LogP contribution in [-0.4, -0.2) is 34.6 Å². The van der Waals surface area contributed by atoms with Gasteiger partial charge in [0.25, 0.3) is 5.91 Å². The monoisotopic (exact) mass is 238 g/mol. The fourth-order valence-corrected chi connectivity index (χ4v) is 1.93. The third kappa shape index (κ3) is 2.10. The normalized spacial score (nSPS) is 17.8. The molecule has 0 aromatic heterocycles. The Labute approximate surface area is 98.8 Å². The van der Waals surface area contributed by atoms with Crippen molar-refractivity contribution in [3.8, 4) is 0 Å². The first-order valence-electron chi connectivity index (χ1n) is 5.37. The van der Waals surface area contributed by atoms with Crippen LogP contribution in [0.5, 0.6) is 0 Å². The van der Waals surface area contributed by atoms with E-state index >= 15 is 0 Å². The largest absolute Gasteiger partial charge is 0.398 e. The highest BCUT2D eigenvalue weighted by Crippen LogP contribution is 2.24. The summed E-state index contributed by atoms with van der Waals surface area (Å²) in [5, 5.41) is 9.54. The summed E-state index contributed by atoms with van der Waals surface area (Å²) in [6.07, 6.45) is 0. The van der Waals surface area contributed by atoms with Crippen LogP contribution in [0.3, 0.4) is 0 Å². The van der Waals surface area contributed by atoms with Gasteiger partial charge in [-0.3, -0.25) is 4.79 Å². The number of aliphatic hydroxyl groups is 1. The van der Waals surface area contributed by atoms with Gasteiger partial charge in [0.05, 0.1) is 18.7 Å². The Morgan fingerprint density at radius 3 is 2.59 bits per heavy atom. The summed E-state index contributed by atoms with van der Waals surface area (Å²) >= 11 is 0. The van der Waals surface area contributed by atoms with E-state index in [1.165, 1.54) is 17.0 Å². The lowest BCUT2D eigenvalue weighted by atomic mass is 9.95. The number of nitrogen functional groups attached to an aromatic ring is 1. The Kier molecular flexibility index (Phi) is 2.58. The van der Waals surface area contributed by atoms with Gasteiger partial charge in [0.1, 0.15) is 5.82 Å². The first-order chi connectivity index (χ1) is 7.80. The molecule has 5 heteroatoms. The molecule has 1 saturated heterocycles. The lowest BCUT2D eigenvalue weighted by molar-refractivity contribution is -0.0668. The van der Waals surface area contributed by atoms with Crippen LogP contribution >= 0.6 is 0 Å². The molecule has 0 bridgehead atoms. The number of hydrogen-bond donors (Lipinski definition) is 2. The molecule has 1 aliphatic heterocycles. The number of β-amino-alcohol motifs (C(OH)–C–C–N with tert-alkyl or cyclic N) is 1. The van der Waals surface area contributed by atoms with Crippen LogP contribution in [0.1, 0.15) is 22.8 Å². The summed E-state index contributed by atoms with van der Waals surface area (Å²) in [6, 6.07) is 2.65. The Balaban J connectivity index is 2.21. The fraction of sp³-hybridized carbons (Fsp3) is 0.417. The van der Waals surface area contributed by atoms with Crippen molar-refractivity contribution < 1.29 is 14.3 Å². The molecule has 1 heterocycles. The number of benzene rings is 1. The molecule has 4 nitrogen and oxygen atoms in total. The maximum absolute atomic E-state index is 13.4. The first-order valence-corrected chi connectivity index (χ1v) is 5.37. The third-order valence-corrected chi connectivity index (χ3v) is 2.98. The van der Waals surface area contributed by atoms with Gasteiger partial charge in [-0.2, -0.15) is 0 Å². The van der Waals surface area contributed by atoms with Crippen molar-refractivity contribution in [3.05, 3.63) is 29.1 Å². The second kappa shape index (κ2) is 3.70. The molecular weight excluding hydrogens is 223 g/mol. The number of carbonyl (C=O) groups is 1. The second-order valence-corrected chi connectivity index (χ2v) is 4.83. The highest BCUT2D eigenvalue weighted by atomic mass is 19.1. The smallest absolute Gasteiger partial charge is 0.254 e. The molecule has 3 N–H and O–H groups in total. The summed E-state index contributed by atoms with van der Waals surface area (Å²) in [4.78, 5) is 13.4. The molecule has 0 aliphatic carbocycles. The molecule has 2 rings (SSSR count). The third-order valence-electron chi connectivity index (χ3n) is 2.98. The second-order valence-electron chi connectivity index (χ2n) is 4.83. The van der Waals surface area contributed by atoms with E-state index in [1.807, 2.05) is 0 Å². The number of hydrogen-bond acceptors (Lipinski definition) is 3. The minimum atomic E-state index is -0.829. The number of likely N-dealkylation sites (tertiary alicyclic amines) is 1. The number of nitrogens with zero attached hydrogens (tertiary/aromatic N) is 1. The van der Waals surface area contributed by atoms with E-state index in [0.29, 0.717) is 5.56 Å². The van der Waals surface area contributed by atoms with Gasteiger partial charge in [0.15, 0.2) is 0 Å². The minimum Gasteiger partial charge on any atom is -0.398 e. The molecule has 1 aromatic carbocycles. The van der Waals surface area contributed by atoms with Gasteiger partial charge < -0.3 is 15.7 Å². The van der Waals surface area contributed by atoms with E-state index in [-0.39, 0.29) is 30.2 Å². The average Bonchev–Trinajstić information content (AvgIpc) is 2.20. The number of anilines is 1. The summed E-state index contributed by atoms with van der Waals surface area (Å²) in [7, 11) is 0. The zero-order valence-electron chi connectivity index (χ0n) is 9.83. The number of nitrogens with two attached hydrogens (primary N) is 1. The predicted molar refractivity (Wildman–Crippen MR) is 62.1 cm³/mol. The van der Waals surface area contributed by atoms with Gasteiger partial charge in [0.2, 0.25) is 0 Å². The zero-order chi connectivity index (χ0) is 12.8. The molecular formula is C12H15FN2O2. The number of halogens is 1. The van der Waals surface area contributed by atoms with Crippen LogP contribution in [0.2, 0.25) is 0 Å². The first kappa shape index (κ1) is 11.9. The van der Waals surface area contributed by atoms with E-state index < -0.39 is 11.4 Å². The van der Waals surface area contributed by atoms with Crippen molar-refractivity contribution in [2.24, 2.45) is 0 Å². The molecule has 0 atom stereocenters. The predicted octanol–water partition coefficient (Wildman–Crippen LogP) is 0.923. The minimum absolute atomic E-state index is 0.223. The van der Waals surface area contributed by atoms with E-state index in [0.717, 1.165) is 0 Å². The van der Waals surface area contributed by atoms with Crippen molar-refractivity contribution in [1.82, 2.24) is 4.90 Å². The van der Waals surface area contributed by atoms with Gasteiger partial charge in [-0.15, -0.1) is 0 Å². The molecule has 1 aromatic rings. The number of carbonyl (C=O) groups excluding carboxylic acids is 1. The molecule has 17 heavy (non-hydrogen) atoms. The standard InChI is InChI=1S/C12H15FN2O2/c1-7-9(13)3-8(4-10(7)14)11(16)15-5-12(2,17)6-15/h3-4,17H,5-6,14H2,1-2H3. The highest BCUT2D eigenvalue weighted by Gasteiger charge is 2.39. The van der Waals surface area contributed by atoms with Crippen molar-refractivity contribution in [2.75, 3.05) is 18.8 Å². The molecule has 1 aliphatic rings. The van der Waals surface area contributed by atoms with Crippen LogP contribution in [0.4, 0.5) is 10.1 Å². The van der Waals surface area contributed by atoms with Crippen LogP contribution in [0.25, 0.3) is 0 Å². The van der Waals surface area contributed by atoms with E-state index in [2.05, 4.69) is 0 Å². The van der Waals surface area contributed by atoms with E-state index in [1.54, 1.807) is 13.8 Å². The number of rotatable bonds is 1. The quantitative estimate of drug-likeness (QED) is 0.715. The maximum Gasteiger partial charge on any atom is 0.254 e. The summed E-state index contributed by atoms with van der Waals surface area (Å²) < 4.78 is 13.4. The van der Waals surface area contributed by atoms with Crippen LogP contribution in [-0.2, 0) is 0 Å². The van der Waals surface area contributed by atoms with Crippen molar-refractivity contribution in [2.45, 2.75) is 19.4 Å². The summed E-state index contributed by atoms with van der Waals surface area (Å²) in [6.45, 7) is 3.75. The lowest BCUT2D eigenvalue weighted by Gasteiger charge is -2.44. The Bertz CT molecular complexity index is 454. The molecule has 0 spiro atoms. The van der Waals surface area contributed by atoms with Gasteiger partial charge in [-0.25, -0.2) is 4.39 Å². The Hall–Kier alpha value is -1.62. The van der Waals surface area contributed by atoms with Gasteiger partial charge in [-0.1, -0.05) is 0 Å². The van der Waals surface area contributed by atoms with Crippen LogP contribution in [0.15, 0.2) is 12.1 Å². The highest BCUT2D eigenvalue weighted by molar-refractivity contribution is 5.96. The van der Waals surface area contributed by atoms with E-state index in [9.17, 15) is 14.3 Å². The summed E-state index contributed by atoms with van der Waals surface area (Å²) in [5.74, 6) is -0.789. The molecule has 92 valence electrons. The average molecular weight is 238 g/mol. The van der Waals surface area contributed by atoms with Gasteiger partial charge in [0, 0.05) is 16.8 Å². The maximum atomic E-state index is 13.4. The van der Waals surface area contributed by atoms with Crippen LogP contribution in [0, 0.1) is 12.7 Å². The van der Waals surface area contributed by atoms with E-state index in [4.69, 9.17) is 5.73 Å². The Morgan fingerprint density at radius 2 is 2.12 bits per heavy atom. The molecule has 1 amide bonds. The lowest BCUT2D eigenvalue weighted by Crippen LogP contribution is -2.61. The van der Waals surface area contributed by atoms with Crippen LogP contribution < -0.4 is 5.73 Å². The SMILES string of the molecule is Cc1c(N)cc(C(=O)N2CC(C)(O)C2)cc1F. The molecule has 0 unspecified atom stereocenters. The Morgan fingerprint density at radius 1 is 1.53 bits per heavy atom. The van der Waals surface area contributed by atoms with Crippen molar-refractivity contribution >= 4 is 11.6 Å².